The number of ether oxygens (including phenoxy) is 1. The fourth-order valence-electron chi connectivity index (χ4n) is 5.85. The number of imidazole rings is 1. The topological polar surface area (TPSA) is 134 Å². The quantitative estimate of drug-likeness (QED) is 0.158. The van der Waals surface area contributed by atoms with E-state index in [1.165, 1.54) is 0 Å². The van der Waals surface area contributed by atoms with Gasteiger partial charge in [0.05, 0.1) is 25.0 Å². The zero-order valence-corrected chi connectivity index (χ0v) is 25.5. The van der Waals surface area contributed by atoms with Gasteiger partial charge in [-0.25, -0.2) is 4.98 Å². The van der Waals surface area contributed by atoms with Crippen LogP contribution in [-0.4, -0.2) is 66.5 Å². The number of rotatable bonds is 11. The molecule has 1 aliphatic rings. The summed E-state index contributed by atoms with van der Waals surface area (Å²) in [6, 6.07) is 28.7. The van der Waals surface area contributed by atoms with Gasteiger partial charge in [0.25, 0.3) is 0 Å². The van der Waals surface area contributed by atoms with Crippen molar-refractivity contribution < 1.29 is 19.7 Å². The lowest BCUT2D eigenvalue weighted by Crippen LogP contribution is -2.46. The number of aliphatic hydroxyl groups excluding tert-OH is 2. The van der Waals surface area contributed by atoms with E-state index in [4.69, 9.17) is 16.3 Å². The van der Waals surface area contributed by atoms with E-state index in [-0.39, 0.29) is 30.1 Å². The highest BCUT2D eigenvalue weighted by molar-refractivity contribution is 6.28. The molecule has 1 saturated carbocycles. The summed E-state index contributed by atoms with van der Waals surface area (Å²) in [4.78, 5) is 26.3. The van der Waals surface area contributed by atoms with Crippen LogP contribution >= 0.6 is 11.6 Å². The van der Waals surface area contributed by atoms with E-state index in [1.807, 2.05) is 66.7 Å². The molecule has 0 radical (unpaired) electrons. The minimum atomic E-state index is -1.20. The molecule has 0 spiro atoms. The predicted octanol–water partition coefficient (Wildman–Crippen LogP) is 4.48. The lowest BCUT2D eigenvalue weighted by atomic mass is 9.91. The van der Waals surface area contributed by atoms with Crippen LogP contribution in [0.3, 0.4) is 0 Å². The SMILES string of the molecule is C[C@@H](OCc1ccccc1)C(=O)NC1CC(n2cnc3c(NCC(c4ccccc4)c4ccccc4)nc(Cl)nc32)C(O)C1O. The maximum atomic E-state index is 12.9. The molecular weight excluding hydrogens is 592 g/mol. The molecule has 45 heavy (non-hydrogen) atoms. The van der Waals surface area contributed by atoms with E-state index in [2.05, 4.69) is 49.9 Å². The number of aromatic nitrogens is 4. The molecule has 3 aromatic carbocycles. The Morgan fingerprint density at radius 2 is 1.58 bits per heavy atom. The van der Waals surface area contributed by atoms with Crippen molar-refractivity contribution in [3.63, 3.8) is 0 Å². The number of amides is 1. The van der Waals surface area contributed by atoms with E-state index in [0.29, 0.717) is 23.5 Å². The monoisotopic (exact) mass is 626 g/mol. The second-order valence-corrected chi connectivity index (χ2v) is 11.6. The first-order chi connectivity index (χ1) is 21.9. The Labute approximate surface area is 266 Å². The summed E-state index contributed by atoms with van der Waals surface area (Å²) in [5.41, 5.74) is 4.14. The number of hydrogen-bond acceptors (Lipinski definition) is 8. The van der Waals surface area contributed by atoms with Crippen LogP contribution < -0.4 is 10.6 Å². The molecule has 2 aromatic heterocycles. The molecule has 2 heterocycles. The van der Waals surface area contributed by atoms with Gasteiger partial charge in [0.2, 0.25) is 11.2 Å². The number of benzene rings is 3. The highest BCUT2D eigenvalue weighted by Gasteiger charge is 2.44. The van der Waals surface area contributed by atoms with Gasteiger partial charge in [-0.15, -0.1) is 0 Å². The first-order valence-corrected chi connectivity index (χ1v) is 15.3. The molecule has 1 fully saturated rings. The fraction of sp³-hybridized carbons (Fsp3) is 0.294. The molecule has 0 aliphatic heterocycles. The van der Waals surface area contributed by atoms with Crippen molar-refractivity contribution in [3.05, 3.63) is 119 Å². The predicted molar refractivity (Wildman–Crippen MR) is 172 cm³/mol. The first-order valence-electron chi connectivity index (χ1n) is 14.9. The number of hydrogen-bond donors (Lipinski definition) is 4. The van der Waals surface area contributed by atoms with Gasteiger partial charge >= 0.3 is 0 Å². The molecule has 5 atom stereocenters. The summed E-state index contributed by atoms with van der Waals surface area (Å²) >= 11 is 6.39. The Balaban J connectivity index is 1.17. The zero-order valence-electron chi connectivity index (χ0n) is 24.7. The van der Waals surface area contributed by atoms with Gasteiger partial charge in [-0.2, -0.15) is 9.97 Å². The lowest BCUT2D eigenvalue weighted by Gasteiger charge is -2.20. The van der Waals surface area contributed by atoms with Gasteiger partial charge in [0.15, 0.2) is 17.0 Å². The molecule has 0 bridgehead atoms. The molecular formula is C34H35ClN6O4. The summed E-state index contributed by atoms with van der Waals surface area (Å²) in [5, 5.41) is 28.2. The van der Waals surface area contributed by atoms with Gasteiger partial charge in [-0.3, -0.25) is 4.79 Å². The summed E-state index contributed by atoms with van der Waals surface area (Å²) in [6.07, 6.45) is -1.33. The molecule has 4 N–H and O–H groups in total. The fourth-order valence-corrected chi connectivity index (χ4v) is 6.02. The maximum Gasteiger partial charge on any atom is 0.249 e. The second-order valence-electron chi connectivity index (χ2n) is 11.3. The van der Waals surface area contributed by atoms with E-state index < -0.39 is 30.4 Å². The molecule has 1 amide bonds. The minimum Gasteiger partial charge on any atom is -0.388 e. The van der Waals surface area contributed by atoms with Crippen LogP contribution in [0.15, 0.2) is 97.3 Å². The number of carbonyl (C=O) groups excluding carboxylic acids is 1. The van der Waals surface area contributed by atoms with Crippen molar-refractivity contribution in [2.24, 2.45) is 0 Å². The number of halogens is 1. The van der Waals surface area contributed by atoms with Crippen molar-refractivity contribution in [1.82, 2.24) is 24.8 Å². The normalized spacial score (nSPS) is 20.4. The molecule has 4 unspecified atom stereocenters. The number of nitrogens with zero attached hydrogens (tertiary/aromatic N) is 4. The summed E-state index contributed by atoms with van der Waals surface area (Å²) < 4.78 is 7.42. The van der Waals surface area contributed by atoms with Crippen LogP contribution in [0.1, 0.15) is 42.0 Å². The van der Waals surface area contributed by atoms with Gasteiger partial charge in [0.1, 0.15) is 18.3 Å². The van der Waals surface area contributed by atoms with Crippen LogP contribution in [0.4, 0.5) is 5.82 Å². The van der Waals surface area contributed by atoms with Crippen molar-refractivity contribution in [3.8, 4) is 0 Å². The van der Waals surface area contributed by atoms with Crippen LogP contribution in [0.25, 0.3) is 11.2 Å². The molecule has 232 valence electrons. The summed E-state index contributed by atoms with van der Waals surface area (Å²) in [7, 11) is 0. The molecule has 6 rings (SSSR count). The van der Waals surface area contributed by atoms with Crippen molar-refractivity contribution in [1.29, 1.82) is 0 Å². The summed E-state index contributed by atoms with van der Waals surface area (Å²) in [5.74, 6) is 0.123. The van der Waals surface area contributed by atoms with Crippen molar-refractivity contribution in [2.75, 3.05) is 11.9 Å². The van der Waals surface area contributed by atoms with Crippen LogP contribution in [0, 0.1) is 0 Å². The van der Waals surface area contributed by atoms with E-state index in [9.17, 15) is 15.0 Å². The average molecular weight is 627 g/mol. The summed E-state index contributed by atoms with van der Waals surface area (Å²) in [6.45, 7) is 2.46. The molecule has 5 aromatic rings. The Morgan fingerprint density at radius 3 is 2.22 bits per heavy atom. The molecule has 11 heteroatoms. The number of carbonyl (C=O) groups is 1. The number of nitrogens with one attached hydrogen (secondary N) is 2. The number of fused-ring (bicyclic) bond motifs is 1. The highest BCUT2D eigenvalue weighted by Crippen LogP contribution is 2.35. The second kappa shape index (κ2) is 13.7. The van der Waals surface area contributed by atoms with Crippen LogP contribution in [-0.2, 0) is 16.1 Å². The van der Waals surface area contributed by atoms with Crippen molar-refractivity contribution in [2.45, 2.75) is 56.3 Å². The van der Waals surface area contributed by atoms with E-state index in [1.54, 1.807) is 17.8 Å². The van der Waals surface area contributed by atoms with Gasteiger partial charge < -0.3 is 30.2 Å². The zero-order chi connectivity index (χ0) is 31.3. The third-order valence-electron chi connectivity index (χ3n) is 8.32. The van der Waals surface area contributed by atoms with E-state index >= 15 is 0 Å². The molecule has 0 saturated heterocycles. The Kier molecular flexibility index (Phi) is 9.37. The van der Waals surface area contributed by atoms with Crippen LogP contribution in [0.2, 0.25) is 5.28 Å². The number of anilines is 1. The highest BCUT2D eigenvalue weighted by atomic mass is 35.5. The first kappa shape index (κ1) is 30.7. The third-order valence-corrected chi connectivity index (χ3v) is 8.49. The maximum absolute atomic E-state index is 12.9. The number of aliphatic hydroxyl groups is 2. The Bertz CT molecular complexity index is 1680. The molecule has 10 nitrogen and oxygen atoms in total. The largest absolute Gasteiger partial charge is 0.388 e. The third kappa shape index (κ3) is 6.84. The average Bonchev–Trinajstić information content (AvgIpc) is 3.61. The lowest BCUT2D eigenvalue weighted by molar-refractivity contribution is -0.134. The van der Waals surface area contributed by atoms with Gasteiger partial charge in [0, 0.05) is 12.5 Å². The minimum absolute atomic E-state index is 0.0185. The van der Waals surface area contributed by atoms with E-state index in [0.717, 1.165) is 16.7 Å². The Morgan fingerprint density at radius 1 is 0.956 bits per heavy atom. The van der Waals surface area contributed by atoms with Gasteiger partial charge in [-0.05, 0) is 41.6 Å². The Hall–Kier alpha value is -4.35. The standard InChI is InChI=1S/C34H35ClN6O4/c1-21(45-19-22-11-5-2-6-12-22)33(44)38-26-17-27(30(43)29(26)42)41-20-37-28-31(39-34(35)40-32(28)41)36-18-25(23-13-7-3-8-14-23)24-15-9-4-10-16-24/h2-16,20-21,25-27,29-30,42-43H,17-19H2,1H3,(H,38,44)(H,36,39,40)/t21-,26?,27?,29?,30?/m1/s1. The molecule has 1 aliphatic carbocycles. The van der Waals surface area contributed by atoms with Crippen molar-refractivity contribution >= 4 is 34.5 Å². The smallest absolute Gasteiger partial charge is 0.249 e. The van der Waals surface area contributed by atoms with Crippen LogP contribution in [0.5, 0.6) is 0 Å². The van der Waals surface area contributed by atoms with Gasteiger partial charge in [-0.1, -0.05) is 91.0 Å².